The van der Waals surface area contributed by atoms with E-state index in [1.165, 1.54) is 19.2 Å². The van der Waals surface area contributed by atoms with Crippen molar-refractivity contribution in [1.29, 1.82) is 5.53 Å². The molecule has 8 heteroatoms. The number of ether oxygens (including phenoxy) is 2. The number of anilines is 1. The molecule has 1 aromatic rings. The third kappa shape index (κ3) is 2.79. The highest BCUT2D eigenvalue weighted by Crippen LogP contribution is 2.31. The molecule has 0 saturated carbocycles. The van der Waals surface area contributed by atoms with Gasteiger partial charge in [-0.15, -0.1) is 0 Å². The van der Waals surface area contributed by atoms with Gasteiger partial charge in [0, 0.05) is 13.1 Å². The van der Waals surface area contributed by atoms with Crippen LogP contribution in [0.5, 0.6) is 5.75 Å². The number of urea groups is 1. The Kier molecular flexibility index (Phi) is 3.91. The summed E-state index contributed by atoms with van der Waals surface area (Å²) in [7, 11) is 1.41. The molecule has 0 aliphatic carbocycles. The minimum absolute atomic E-state index is 0.146. The summed E-state index contributed by atoms with van der Waals surface area (Å²) in [5.74, 6) is -0.353. The third-order valence-corrected chi connectivity index (χ3v) is 2.56. The Balaban J connectivity index is 2.31. The number of carbonyl (C=O) groups is 1. The second kappa shape index (κ2) is 5.61. The SMILES string of the molecule is CNC(=O)N(N=N)c1ccc(F)cc1OC1COC1. The zero-order valence-corrected chi connectivity index (χ0v) is 10.2. The molecule has 1 saturated heterocycles. The number of hydrogen-bond donors (Lipinski definition) is 2. The molecule has 19 heavy (non-hydrogen) atoms. The molecule has 0 spiro atoms. The van der Waals surface area contributed by atoms with Crippen LogP contribution in [0.3, 0.4) is 0 Å². The van der Waals surface area contributed by atoms with Crippen molar-refractivity contribution in [2.75, 3.05) is 25.3 Å². The van der Waals surface area contributed by atoms with Crippen molar-refractivity contribution in [3.8, 4) is 5.75 Å². The van der Waals surface area contributed by atoms with E-state index in [0.717, 1.165) is 11.1 Å². The van der Waals surface area contributed by atoms with Crippen LogP contribution in [0.15, 0.2) is 23.4 Å². The highest BCUT2D eigenvalue weighted by molar-refractivity contribution is 5.92. The Bertz CT molecular complexity index is 493. The van der Waals surface area contributed by atoms with Gasteiger partial charge < -0.3 is 14.8 Å². The lowest BCUT2D eigenvalue weighted by Crippen LogP contribution is -2.39. The first-order valence-electron chi connectivity index (χ1n) is 5.59. The summed E-state index contributed by atoms with van der Waals surface area (Å²) in [6, 6.07) is 3.03. The molecule has 1 fully saturated rings. The monoisotopic (exact) mass is 268 g/mol. The predicted molar refractivity (Wildman–Crippen MR) is 63.7 cm³/mol. The number of benzene rings is 1. The molecule has 7 nitrogen and oxygen atoms in total. The lowest BCUT2D eigenvalue weighted by atomic mass is 10.2. The van der Waals surface area contributed by atoms with Gasteiger partial charge in [0.05, 0.1) is 13.2 Å². The van der Waals surface area contributed by atoms with Crippen molar-refractivity contribution in [3.05, 3.63) is 24.0 Å². The summed E-state index contributed by atoms with van der Waals surface area (Å²) >= 11 is 0. The molecule has 1 aromatic carbocycles. The van der Waals surface area contributed by atoms with E-state index in [2.05, 4.69) is 10.5 Å². The van der Waals surface area contributed by atoms with E-state index in [1.54, 1.807) is 0 Å². The van der Waals surface area contributed by atoms with Crippen LogP contribution in [0.4, 0.5) is 14.9 Å². The molecule has 102 valence electrons. The van der Waals surface area contributed by atoms with Crippen LogP contribution in [0, 0.1) is 11.3 Å². The predicted octanol–water partition coefficient (Wildman–Crippen LogP) is 1.70. The zero-order chi connectivity index (χ0) is 13.8. The zero-order valence-electron chi connectivity index (χ0n) is 10.2. The van der Waals surface area contributed by atoms with Crippen molar-refractivity contribution in [1.82, 2.24) is 5.32 Å². The lowest BCUT2D eigenvalue weighted by molar-refractivity contribution is -0.0795. The van der Waals surface area contributed by atoms with E-state index in [0.29, 0.717) is 13.2 Å². The summed E-state index contributed by atoms with van der Waals surface area (Å²) < 4.78 is 23.7. The minimum Gasteiger partial charge on any atom is -0.483 e. The second-order valence-electron chi connectivity index (χ2n) is 3.86. The molecular formula is C11H13FN4O3. The van der Waals surface area contributed by atoms with Gasteiger partial charge in [-0.3, -0.25) is 0 Å². The van der Waals surface area contributed by atoms with E-state index >= 15 is 0 Å². The maximum absolute atomic E-state index is 13.3. The van der Waals surface area contributed by atoms with Gasteiger partial charge in [0.2, 0.25) is 0 Å². The number of nitrogens with zero attached hydrogens (tertiary/aromatic N) is 2. The number of amides is 2. The Labute approximate surface area is 108 Å². The number of nitrogens with one attached hydrogen (secondary N) is 2. The fraction of sp³-hybridized carbons (Fsp3) is 0.364. The van der Waals surface area contributed by atoms with Gasteiger partial charge >= 0.3 is 6.03 Å². The first-order chi connectivity index (χ1) is 9.15. The molecule has 2 amide bonds. The van der Waals surface area contributed by atoms with Crippen LogP contribution >= 0.6 is 0 Å². The third-order valence-electron chi connectivity index (χ3n) is 2.56. The molecule has 0 bridgehead atoms. The van der Waals surface area contributed by atoms with Crippen LogP contribution in [0.25, 0.3) is 0 Å². The molecule has 2 N–H and O–H groups in total. The van der Waals surface area contributed by atoms with Crippen LogP contribution in [-0.2, 0) is 4.74 Å². The van der Waals surface area contributed by atoms with Crippen LogP contribution in [0.1, 0.15) is 0 Å². The Morgan fingerprint density at radius 3 is 2.89 bits per heavy atom. The summed E-state index contributed by atoms with van der Waals surface area (Å²) in [5, 5.41) is 6.23. The number of rotatable bonds is 4. The summed E-state index contributed by atoms with van der Waals surface area (Å²) in [5.41, 5.74) is 7.24. The Morgan fingerprint density at radius 1 is 1.63 bits per heavy atom. The number of hydrogen-bond acceptors (Lipinski definition) is 5. The topological polar surface area (TPSA) is 87.0 Å². The van der Waals surface area contributed by atoms with E-state index in [4.69, 9.17) is 15.0 Å². The van der Waals surface area contributed by atoms with Crippen molar-refractivity contribution < 1.29 is 18.7 Å². The van der Waals surface area contributed by atoms with Gasteiger partial charge in [0.25, 0.3) is 0 Å². The van der Waals surface area contributed by atoms with Crippen molar-refractivity contribution in [2.45, 2.75) is 6.10 Å². The maximum atomic E-state index is 13.3. The molecule has 1 aliphatic rings. The molecule has 0 unspecified atom stereocenters. The van der Waals surface area contributed by atoms with E-state index in [9.17, 15) is 9.18 Å². The highest BCUT2D eigenvalue weighted by atomic mass is 19.1. The average Bonchev–Trinajstić information content (AvgIpc) is 2.36. The molecular weight excluding hydrogens is 255 g/mol. The second-order valence-corrected chi connectivity index (χ2v) is 3.86. The molecule has 2 rings (SSSR count). The molecule has 0 radical (unpaired) electrons. The number of carbonyl (C=O) groups excluding carboxylic acids is 1. The van der Waals surface area contributed by atoms with Crippen molar-refractivity contribution in [2.24, 2.45) is 5.22 Å². The highest BCUT2D eigenvalue weighted by Gasteiger charge is 2.25. The van der Waals surface area contributed by atoms with Gasteiger partial charge in [-0.1, -0.05) is 5.22 Å². The average molecular weight is 268 g/mol. The lowest BCUT2D eigenvalue weighted by Gasteiger charge is -2.28. The maximum Gasteiger partial charge on any atom is 0.343 e. The number of halogens is 1. The molecule has 1 aliphatic heterocycles. The Morgan fingerprint density at radius 2 is 2.37 bits per heavy atom. The van der Waals surface area contributed by atoms with Gasteiger partial charge in [0.15, 0.2) is 0 Å². The normalized spacial score (nSPS) is 14.4. The molecule has 0 aromatic heterocycles. The quantitative estimate of drug-likeness (QED) is 0.643. The first kappa shape index (κ1) is 13.2. The van der Waals surface area contributed by atoms with Gasteiger partial charge in [-0.2, -0.15) is 10.5 Å². The van der Waals surface area contributed by atoms with Crippen LogP contribution in [0.2, 0.25) is 0 Å². The van der Waals surface area contributed by atoms with Gasteiger partial charge in [0.1, 0.15) is 23.4 Å². The minimum atomic E-state index is -0.615. The van der Waals surface area contributed by atoms with Crippen LogP contribution < -0.4 is 15.1 Å². The summed E-state index contributed by atoms with van der Waals surface area (Å²) in [6.45, 7) is 0.821. The summed E-state index contributed by atoms with van der Waals surface area (Å²) in [6.07, 6.45) is -0.183. The van der Waals surface area contributed by atoms with E-state index in [1.807, 2.05) is 0 Å². The molecule has 1 heterocycles. The standard InChI is InChI=1S/C11H13FN4O3/c1-14-11(17)16(15-13)9-3-2-7(12)4-10(9)19-8-5-18-6-8/h2-4,8,13H,5-6H2,1H3,(H,14,17). The smallest absolute Gasteiger partial charge is 0.343 e. The first-order valence-corrected chi connectivity index (χ1v) is 5.59. The van der Waals surface area contributed by atoms with E-state index < -0.39 is 11.8 Å². The van der Waals surface area contributed by atoms with Crippen LogP contribution in [-0.4, -0.2) is 32.4 Å². The largest absolute Gasteiger partial charge is 0.483 e. The van der Waals surface area contributed by atoms with Gasteiger partial charge in [-0.05, 0) is 12.1 Å². The Hall–Kier alpha value is -2.22. The molecule has 0 atom stereocenters. The summed E-state index contributed by atoms with van der Waals surface area (Å²) in [4.78, 5) is 11.6. The van der Waals surface area contributed by atoms with Gasteiger partial charge in [-0.25, -0.2) is 9.18 Å². The fourth-order valence-electron chi connectivity index (χ4n) is 1.53. The van der Waals surface area contributed by atoms with Crippen molar-refractivity contribution >= 4 is 11.7 Å². The fourth-order valence-corrected chi connectivity index (χ4v) is 1.53. The van der Waals surface area contributed by atoms with Crippen molar-refractivity contribution in [3.63, 3.8) is 0 Å². The van der Waals surface area contributed by atoms with E-state index in [-0.39, 0.29) is 17.5 Å².